The second kappa shape index (κ2) is 4.66. The molecule has 0 saturated heterocycles. The Morgan fingerprint density at radius 2 is 2.06 bits per heavy atom. The normalized spacial score (nSPS) is 10.1. The Labute approximate surface area is 93.7 Å². The van der Waals surface area contributed by atoms with Gasteiger partial charge in [-0.3, -0.25) is 4.79 Å². The van der Waals surface area contributed by atoms with Crippen LogP contribution in [-0.4, -0.2) is 11.6 Å². The van der Waals surface area contributed by atoms with Gasteiger partial charge in [0.2, 0.25) is 5.56 Å². The Balaban J connectivity index is 2.36. The third-order valence-electron chi connectivity index (χ3n) is 2.26. The van der Waals surface area contributed by atoms with Crippen LogP contribution in [-0.2, 0) is 0 Å². The highest BCUT2D eigenvalue weighted by Gasteiger charge is 1.99. The highest BCUT2D eigenvalue weighted by molar-refractivity contribution is 5.63. The second-order valence-corrected chi connectivity index (χ2v) is 3.40. The van der Waals surface area contributed by atoms with E-state index in [4.69, 9.17) is 4.74 Å². The van der Waals surface area contributed by atoms with Gasteiger partial charge in [0, 0.05) is 12.3 Å². The average molecular weight is 215 g/mol. The van der Waals surface area contributed by atoms with Gasteiger partial charge in [-0.2, -0.15) is 0 Å². The van der Waals surface area contributed by atoms with Crippen molar-refractivity contribution in [1.29, 1.82) is 0 Å². The van der Waals surface area contributed by atoms with E-state index in [1.165, 1.54) is 6.07 Å². The SMILES string of the molecule is CCOc1cccc(-c2ccc(=O)[nH]c2)c1. The zero-order valence-electron chi connectivity index (χ0n) is 9.07. The van der Waals surface area contributed by atoms with Crippen LogP contribution in [0.1, 0.15) is 6.92 Å². The summed E-state index contributed by atoms with van der Waals surface area (Å²) in [6.07, 6.45) is 1.70. The number of ether oxygens (including phenoxy) is 1. The van der Waals surface area contributed by atoms with Crippen LogP contribution in [0.25, 0.3) is 11.1 Å². The maximum absolute atomic E-state index is 10.9. The number of nitrogens with one attached hydrogen (secondary N) is 1. The first-order chi connectivity index (χ1) is 7.79. The molecule has 0 unspecified atom stereocenters. The number of aromatic amines is 1. The molecule has 0 radical (unpaired) electrons. The summed E-state index contributed by atoms with van der Waals surface area (Å²) in [6.45, 7) is 2.60. The van der Waals surface area contributed by atoms with Crippen molar-refractivity contribution in [2.45, 2.75) is 6.92 Å². The maximum Gasteiger partial charge on any atom is 0.247 e. The summed E-state index contributed by atoms with van der Waals surface area (Å²) in [5.74, 6) is 0.839. The van der Waals surface area contributed by atoms with Gasteiger partial charge in [-0.25, -0.2) is 0 Å². The lowest BCUT2D eigenvalue weighted by Gasteiger charge is -2.05. The predicted octanol–water partition coefficient (Wildman–Crippen LogP) is 2.44. The summed E-state index contributed by atoms with van der Waals surface area (Å²) >= 11 is 0. The first-order valence-electron chi connectivity index (χ1n) is 5.21. The topological polar surface area (TPSA) is 42.1 Å². The number of H-pyrrole nitrogens is 1. The van der Waals surface area contributed by atoms with Crippen molar-refractivity contribution in [3.63, 3.8) is 0 Å². The summed E-state index contributed by atoms with van der Waals surface area (Å²) in [6, 6.07) is 11.1. The first kappa shape index (κ1) is 10.5. The monoisotopic (exact) mass is 215 g/mol. The number of hydrogen-bond donors (Lipinski definition) is 1. The lowest BCUT2D eigenvalue weighted by atomic mass is 10.1. The smallest absolute Gasteiger partial charge is 0.247 e. The van der Waals surface area contributed by atoms with Gasteiger partial charge in [0.1, 0.15) is 5.75 Å². The van der Waals surface area contributed by atoms with Gasteiger partial charge in [-0.15, -0.1) is 0 Å². The van der Waals surface area contributed by atoms with E-state index in [9.17, 15) is 4.79 Å². The Morgan fingerprint density at radius 3 is 2.75 bits per heavy atom. The van der Waals surface area contributed by atoms with Gasteiger partial charge in [0.25, 0.3) is 0 Å². The molecule has 16 heavy (non-hydrogen) atoms. The lowest BCUT2D eigenvalue weighted by Crippen LogP contribution is -2.01. The summed E-state index contributed by atoms with van der Waals surface area (Å²) in [5.41, 5.74) is 1.91. The van der Waals surface area contributed by atoms with Crippen molar-refractivity contribution in [2.24, 2.45) is 0 Å². The fourth-order valence-electron chi connectivity index (χ4n) is 1.52. The van der Waals surface area contributed by atoms with Crippen LogP contribution < -0.4 is 10.3 Å². The zero-order chi connectivity index (χ0) is 11.4. The third kappa shape index (κ3) is 2.31. The molecule has 1 N–H and O–H groups in total. The van der Waals surface area contributed by atoms with E-state index >= 15 is 0 Å². The molecule has 1 aromatic heterocycles. The summed E-state index contributed by atoms with van der Waals surface area (Å²) in [7, 11) is 0. The van der Waals surface area contributed by atoms with Crippen molar-refractivity contribution < 1.29 is 4.74 Å². The van der Waals surface area contributed by atoms with Gasteiger partial charge < -0.3 is 9.72 Å². The van der Waals surface area contributed by atoms with E-state index in [-0.39, 0.29) is 5.56 Å². The van der Waals surface area contributed by atoms with Crippen LogP contribution in [0.5, 0.6) is 5.75 Å². The minimum Gasteiger partial charge on any atom is -0.494 e. The Morgan fingerprint density at radius 1 is 1.19 bits per heavy atom. The van der Waals surface area contributed by atoms with Crippen molar-refractivity contribution >= 4 is 0 Å². The van der Waals surface area contributed by atoms with Crippen molar-refractivity contribution in [1.82, 2.24) is 4.98 Å². The summed E-state index contributed by atoms with van der Waals surface area (Å²) in [4.78, 5) is 13.6. The minimum absolute atomic E-state index is 0.0929. The Hall–Kier alpha value is -2.03. The van der Waals surface area contributed by atoms with Crippen molar-refractivity contribution in [3.05, 3.63) is 52.9 Å². The van der Waals surface area contributed by atoms with Crippen LogP contribution in [0.4, 0.5) is 0 Å². The van der Waals surface area contributed by atoms with Gasteiger partial charge in [-0.05, 0) is 36.2 Å². The number of rotatable bonds is 3. The number of pyridine rings is 1. The number of aromatic nitrogens is 1. The molecule has 2 aromatic rings. The van der Waals surface area contributed by atoms with E-state index in [2.05, 4.69) is 4.98 Å². The highest BCUT2D eigenvalue weighted by atomic mass is 16.5. The van der Waals surface area contributed by atoms with Crippen LogP contribution in [0.2, 0.25) is 0 Å². The van der Waals surface area contributed by atoms with Gasteiger partial charge >= 0.3 is 0 Å². The fraction of sp³-hybridized carbons (Fsp3) is 0.154. The van der Waals surface area contributed by atoms with Crippen molar-refractivity contribution in [2.75, 3.05) is 6.61 Å². The molecule has 3 heteroatoms. The molecular weight excluding hydrogens is 202 g/mol. The molecular formula is C13H13NO2. The van der Waals surface area contributed by atoms with Crippen LogP contribution in [0, 0.1) is 0 Å². The van der Waals surface area contributed by atoms with Crippen LogP contribution >= 0.6 is 0 Å². The quantitative estimate of drug-likeness (QED) is 0.854. The number of benzene rings is 1. The molecule has 0 spiro atoms. The molecule has 0 atom stereocenters. The fourth-order valence-corrected chi connectivity index (χ4v) is 1.52. The predicted molar refractivity (Wildman–Crippen MR) is 63.7 cm³/mol. The molecule has 2 rings (SSSR count). The molecule has 0 fully saturated rings. The van der Waals surface area contributed by atoms with E-state index < -0.39 is 0 Å². The molecule has 82 valence electrons. The maximum atomic E-state index is 10.9. The Kier molecular flexibility index (Phi) is 3.05. The molecule has 3 nitrogen and oxygen atoms in total. The summed E-state index contributed by atoms with van der Waals surface area (Å²) < 4.78 is 5.42. The zero-order valence-corrected chi connectivity index (χ0v) is 9.07. The molecule has 0 aliphatic rings. The largest absolute Gasteiger partial charge is 0.494 e. The molecule has 0 saturated carbocycles. The third-order valence-corrected chi connectivity index (χ3v) is 2.26. The first-order valence-corrected chi connectivity index (χ1v) is 5.21. The van der Waals surface area contributed by atoms with Gasteiger partial charge in [0.15, 0.2) is 0 Å². The number of hydrogen-bond acceptors (Lipinski definition) is 2. The van der Waals surface area contributed by atoms with E-state index in [0.717, 1.165) is 16.9 Å². The van der Waals surface area contributed by atoms with E-state index in [0.29, 0.717) is 6.61 Å². The van der Waals surface area contributed by atoms with E-state index in [1.54, 1.807) is 12.3 Å². The summed E-state index contributed by atoms with van der Waals surface area (Å²) in [5, 5.41) is 0. The molecule has 0 bridgehead atoms. The van der Waals surface area contributed by atoms with Crippen LogP contribution in [0.15, 0.2) is 47.4 Å². The molecule has 0 aliphatic heterocycles. The standard InChI is InChI=1S/C13H13NO2/c1-2-16-12-5-3-4-10(8-12)11-6-7-13(15)14-9-11/h3-9H,2H2,1H3,(H,14,15). The highest BCUT2D eigenvalue weighted by Crippen LogP contribution is 2.22. The van der Waals surface area contributed by atoms with Crippen molar-refractivity contribution in [3.8, 4) is 16.9 Å². The molecule has 0 amide bonds. The lowest BCUT2D eigenvalue weighted by molar-refractivity contribution is 0.340. The molecule has 1 aromatic carbocycles. The molecule has 0 aliphatic carbocycles. The molecule has 1 heterocycles. The van der Waals surface area contributed by atoms with Crippen LogP contribution in [0.3, 0.4) is 0 Å². The van der Waals surface area contributed by atoms with E-state index in [1.807, 2.05) is 31.2 Å². The minimum atomic E-state index is -0.0929. The average Bonchev–Trinajstić information content (AvgIpc) is 2.31. The van der Waals surface area contributed by atoms with Gasteiger partial charge in [0.05, 0.1) is 6.61 Å². The second-order valence-electron chi connectivity index (χ2n) is 3.40. The van der Waals surface area contributed by atoms with Gasteiger partial charge in [-0.1, -0.05) is 12.1 Å². The Bertz CT molecular complexity index is 511.